The van der Waals surface area contributed by atoms with E-state index in [0.717, 1.165) is 5.56 Å². The van der Waals surface area contributed by atoms with Crippen molar-refractivity contribution in [2.45, 2.75) is 19.9 Å². The number of nitrogens with two attached hydrogens (primary N) is 1. The summed E-state index contributed by atoms with van der Waals surface area (Å²) in [6.45, 7) is 3.78. The van der Waals surface area contributed by atoms with Gasteiger partial charge in [0.25, 0.3) is 0 Å². The third-order valence-corrected chi connectivity index (χ3v) is 3.37. The maximum atomic E-state index is 13.8. The summed E-state index contributed by atoms with van der Waals surface area (Å²) in [6, 6.07) is 6.59. The molecule has 0 bridgehead atoms. The SMILES string of the molecule is Cc1c(N)ncnc1N(C)C(C)c1ccccc1F. The van der Waals surface area contributed by atoms with E-state index in [4.69, 9.17) is 5.73 Å². The Hall–Kier alpha value is -2.17. The predicted molar refractivity (Wildman–Crippen MR) is 74.4 cm³/mol. The minimum atomic E-state index is -0.221. The minimum absolute atomic E-state index is 0.144. The lowest BCUT2D eigenvalue weighted by molar-refractivity contribution is 0.583. The van der Waals surface area contributed by atoms with Crippen molar-refractivity contribution in [3.8, 4) is 0 Å². The van der Waals surface area contributed by atoms with Crippen LogP contribution in [0.15, 0.2) is 30.6 Å². The molecular weight excluding hydrogens is 243 g/mol. The van der Waals surface area contributed by atoms with Crippen LogP contribution in [0.5, 0.6) is 0 Å². The third kappa shape index (κ3) is 2.50. The molecule has 4 nitrogen and oxygen atoms in total. The molecule has 0 amide bonds. The van der Waals surface area contributed by atoms with E-state index in [-0.39, 0.29) is 11.9 Å². The van der Waals surface area contributed by atoms with E-state index in [2.05, 4.69) is 9.97 Å². The fourth-order valence-electron chi connectivity index (χ4n) is 2.02. The van der Waals surface area contributed by atoms with E-state index in [1.807, 2.05) is 31.9 Å². The maximum absolute atomic E-state index is 13.8. The molecule has 2 rings (SSSR count). The molecule has 0 saturated heterocycles. The number of halogens is 1. The molecule has 1 aromatic carbocycles. The number of benzene rings is 1. The number of nitrogen functional groups attached to an aromatic ring is 1. The summed E-state index contributed by atoms with van der Waals surface area (Å²) in [5, 5.41) is 0. The zero-order valence-corrected chi connectivity index (χ0v) is 11.3. The second-order valence-corrected chi connectivity index (χ2v) is 4.52. The van der Waals surface area contributed by atoms with Crippen molar-refractivity contribution in [1.82, 2.24) is 9.97 Å². The number of hydrogen-bond acceptors (Lipinski definition) is 4. The molecule has 1 unspecified atom stereocenters. The van der Waals surface area contributed by atoms with Crippen molar-refractivity contribution >= 4 is 11.6 Å². The highest BCUT2D eigenvalue weighted by Crippen LogP contribution is 2.28. The van der Waals surface area contributed by atoms with Gasteiger partial charge in [0.1, 0.15) is 23.8 Å². The molecule has 0 saturated carbocycles. The lowest BCUT2D eigenvalue weighted by Gasteiger charge is -2.28. The molecule has 0 aliphatic carbocycles. The smallest absolute Gasteiger partial charge is 0.137 e. The first kappa shape index (κ1) is 13.3. The topological polar surface area (TPSA) is 55.0 Å². The van der Waals surface area contributed by atoms with Crippen LogP contribution in [0.2, 0.25) is 0 Å². The van der Waals surface area contributed by atoms with Crippen LogP contribution in [0.4, 0.5) is 16.0 Å². The van der Waals surface area contributed by atoms with Gasteiger partial charge in [-0.1, -0.05) is 18.2 Å². The Labute approximate surface area is 112 Å². The van der Waals surface area contributed by atoms with Crippen LogP contribution in [0.1, 0.15) is 24.1 Å². The zero-order chi connectivity index (χ0) is 14.0. The molecule has 0 radical (unpaired) electrons. The second kappa shape index (κ2) is 5.22. The van der Waals surface area contributed by atoms with E-state index in [0.29, 0.717) is 17.2 Å². The van der Waals surface area contributed by atoms with Crippen molar-refractivity contribution in [2.24, 2.45) is 0 Å². The van der Waals surface area contributed by atoms with E-state index < -0.39 is 0 Å². The van der Waals surface area contributed by atoms with Crippen molar-refractivity contribution in [3.63, 3.8) is 0 Å². The molecule has 1 atom stereocenters. The summed E-state index contributed by atoms with van der Waals surface area (Å²) in [5.74, 6) is 0.933. The molecule has 1 heterocycles. The Morgan fingerprint density at radius 3 is 2.63 bits per heavy atom. The number of rotatable bonds is 3. The summed E-state index contributed by atoms with van der Waals surface area (Å²) < 4.78 is 13.8. The van der Waals surface area contributed by atoms with Gasteiger partial charge in [-0.25, -0.2) is 14.4 Å². The summed E-state index contributed by atoms with van der Waals surface area (Å²) in [6.07, 6.45) is 1.42. The fourth-order valence-corrected chi connectivity index (χ4v) is 2.02. The minimum Gasteiger partial charge on any atom is -0.383 e. The number of anilines is 2. The van der Waals surface area contributed by atoms with E-state index >= 15 is 0 Å². The number of nitrogens with zero attached hydrogens (tertiary/aromatic N) is 3. The molecule has 19 heavy (non-hydrogen) atoms. The monoisotopic (exact) mass is 260 g/mol. The molecule has 5 heteroatoms. The highest BCUT2D eigenvalue weighted by molar-refractivity contribution is 5.56. The average Bonchev–Trinajstić information content (AvgIpc) is 2.41. The predicted octanol–water partition coefficient (Wildman–Crippen LogP) is 2.70. The number of hydrogen-bond donors (Lipinski definition) is 1. The molecule has 0 spiro atoms. The lowest BCUT2D eigenvalue weighted by Crippen LogP contribution is -2.24. The van der Waals surface area contributed by atoms with Crippen LogP contribution in [-0.2, 0) is 0 Å². The van der Waals surface area contributed by atoms with Gasteiger partial charge in [-0.3, -0.25) is 0 Å². The molecule has 100 valence electrons. The van der Waals surface area contributed by atoms with Gasteiger partial charge in [-0.05, 0) is 19.9 Å². The Morgan fingerprint density at radius 2 is 1.95 bits per heavy atom. The molecular formula is C14H17FN4. The summed E-state index contributed by atoms with van der Waals surface area (Å²) in [4.78, 5) is 10.1. The maximum Gasteiger partial charge on any atom is 0.137 e. The van der Waals surface area contributed by atoms with Crippen LogP contribution in [0, 0.1) is 12.7 Å². The second-order valence-electron chi connectivity index (χ2n) is 4.52. The Bertz CT molecular complexity index is 585. The molecule has 0 fully saturated rings. The van der Waals surface area contributed by atoms with Gasteiger partial charge in [0, 0.05) is 18.2 Å². The Balaban J connectivity index is 2.37. The van der Waals surface area contributed by atoms with Gasteiger partial charge in [0.15, 0.2) is 0 Å². The van der Waals surface area contributed by atoms with Crippen molar-refractivity contribution in [1.29, 1.82) is 0 Å². The van der Waals surface area contributed by atoms with E-state index in [1.165, 1.54) is 12.4 Å². The first-order chi connectivity index (χ1) is 9.02. The Morgan fingerprint density at radius 1 is 1.26 bits per heavy atom. The molecule has 0 aliphatic rings. The van der Waals surface area contributed by atoms with Crippen LogP contribution < -0.4 is 10.6 Å². The largest absolute Gasteiger partial charge is 0.383 e. The average molecular weight is 260 g/mol. The number of aromatic nitrogens is 2. The summed E-state index contributed by atoms with van der Waals surface area (Å²) in [7, 11) is 1.87. The quantitative estimate of drug-likeness (QED) is 0.922. The van der Waals surface area contributed by atoms with E-state index in [9.17, 15) is 4.39 Å². The standard InChI is InChI=1S/C14H17FN4/c1-9-13(16)17-8-18-14(9)19(3)10(2)11-6-4-5-7-12(11)15/h4-8,10H,1-3H3,(H2,16,17,18). The van der Waals surface area contributed by atoms with Crippen molar-refractivity contribution < 1.29 is 4.39 Å². The van der Waals surface area contributed by atoms with Gasteiger partial charge in [0.05, 0.1) is 6.04 Å². The normalized spacial score (nSPS) is 12.2. The van der Waals surface area contributed by atoms with Crippen molar-refractivity contribution in [3.05, 3.63) is 47.5 Å². The van der Waals surface area contributed by atoms with Gasteiger partial charge < -0.3 is 10.6 Å². The van der Waals surface area contributed by atoms with Crippen molar-refractivity contribution in [2.75, 3.05) is 17.7 Å². The van der Waals surface area contributed by atoms with Gasteiger partial charge in [-0.2, -0.15) is 0 Å². The van der Waals surface area contributed by atoms with E-state index in [1.54, 1.807) is 12.1 Å². The zero-order valence-electron chi connectivity index (χ0n) is 11.3. The molecule has 2 aromatic rings. The molecule has 2 N–H and O–H groups in total. The highest BCUT2D eigenvalue weighted by Gasteiger charge is 2.18. The van der Waals surface area contributed by atoms with Gasteiger partial charge >= 0.3 is 0 Å². The van der Waals surface area contributed by atoms with Crippen LogP contribution >= 0.6 is 0 Å². The summed E-state index contributed by atoms with van der Waals surface area (Å²) in [5.41, 5.74) is 7.20. The van der Waals surface area contributed by atoms with Crippen LogP contribution in [0.25, 0.3) is 0 Å². The first-order valence-corrected chi connectivity index (χ1v) is 6.06. The van der Waals surface area contributed by atoms with Crippen LogP contribution in [-0.4, -0.2) is 17.0 Å². The molecule has 1 aromatic heterocycles. The summed E-state index contributed by atoms with van der Waals surface area (Å²) >= 11 is 0. The third-order valence-electron chi connectivity index (χ3n) is 3.37. The Kier molecular flexibility index (Phi) is 3.64. The van der Waals surface area contributed by atoms with Crippen LogP contribution in [0.3, 0.4) is 0 Å². The first-order valence-electron chi connectivity index (χ1n) is 6.06. The lowest BCUT2D eigenvalue weighted by atomic mass is 10.1. The highest BCUT2D eigenvalue weighted by atomic mass is 19.1. The van der Waals surface area contributed by atoms with Gasteiger partial charge in [0.2, 0.25) is 0 Å². The molecule has 0 aliphatic heterocycles. The van der Waals surface area contributed by atoms with Gasteiger partial charge in [-0.15, -0.1) is 0 Å². The fraction of sp³-hybridized carbons (Fsp3) is 0.286.